The van der Waals surface area contributed by atoms with Gasteiger partial charge in [-0.25, -0.2) is 22.8 Å². The van der Waals surface area contributed by atoms with Crippen LogP contribution in [0, 0.1) is 34.5 Å². The highest BCUT2D eigenvalue weighted by Gasteiger charge is 2.35. The Bertz CT molecular complexity index is 653. The molecule has 1 aromatic carbocycles. The van der Waals surface area contributed by atoms with Crippen LogP contribution in [0.2, 0.25) is 0 Å². The molecule has 2 rings (SSSR count). The van der Waals surface area contributed by atoms with Crippen LogP contribution in [0.5, 0.6) is 5.75 Å². The van der Waals surface area contributed by atoms with E-state index in [2.05, 4.69) is 18.9 Å². The van der Waals surface area contributed by atoms with Gasteiger partial charge in [-0.15, -0.1) is 0 Å². The van der Waals surface area contributed by atoms with Crippen LogP contribution < -0.4 is 4.74 Å². The number of hydrogen-bond acceptors (Lipinski definition) is 6. The van der Waals surface area contributed by atoms with Crippen molar-refractivity contribution in [1.29, 1.82) is 0 Å². The molecule has 1 saturated heterocycles. The van der Waals surface area contributed by atoms with Crippen LogP contribution in [0.1, 0.15) is 6.92 Å². The monoisotopic (exact) mass is 356 g/mol. The van der Waals surface area contributed by atoms with E-state index in [-0.39, 0.29) is 13.2 Å². The first-order valence-electron chi connectivity index (χ1n) is 6.30. The van der Waals surface area contributed by atoms with Crippen molar-refractivity contribution in [3.8, 4) is 5.75 Å². The summed E-state index contributed by atoms with van der Waals surface area (Å²) in [4.78, 5) is 22.1. The highest BCUT2D eigenvalue weighted by atomic mass is 19.2. The molecule has 1 aliphatic rings. The predicted octanol–water partition coefficient (Wildman–Crippen LogP) is 3.07. The lowest BCUT2D eigenvalue weighted by Gasteiger charge is -2.31. The Labute approximate surface area is 131 Å². The van der Waals surface area contributed by atoms with Crippen molar-refractivity contribution in [3.63, 3.8) is 0 Å². The third-order valence-electron chi connectivity index (χ3n) is 2.97. The lowest BCUT2D eigenvalue weighted by atomic mass is 9.94. The molecular weight excluding hydrogens is 347 g/mol. The summed E-state index contributed by atoms with van der Waals surface area (Å²) in [7, 11) is 0. The number of carbonyl (C=O) groups is 2. The number of rotatable bonds is 3. The molecule has 11 heteroatoms. The minimum Gasteiger partial charge on any atom is -0.433 e. The fourth-order valence-electron chi connectivity index (χ4n) is 1.65. The first-order valence-corrected chi connectivity index (χ1v) is 6.30. The summed E-state index contributed by atoms with van der Waals surface area (Å²) in [6.07, 6.45) is -2.63. The molecule has 0 atom stereocenters. The van der Waals surface area contributed by atoms with Gasteiger partial charge in [0.25, 0.3) is 0 Å². The van der Waals surface area contributed by atoms with Crippen LogP contribution in [0.15, 0.2) is 0 Å². The zero-order valence-corrected chi connectivity index (χ0v) is 12.0. The van der Waals surface area contributed by atoms with Gasteiger partial charge in [-0.1, -0.05) is 0 Å². The van der Waals surface area contributed by atoms with Crippen LogP contribution in [-0.4, -0.2) is 32.1 Å². The Morgan fingerprint density at radius 1 is 1.00 bits per heavy atom. The number of cyclic esters (lactones) is 2. The van der Waals surface area contributed by atoms with E-state index in [1.54, 1.807) is 0 Å². The lowest BCUT2D eigenvalue weighted by molar-refractivity contribution is -0.0766. The SMILES string of the molecule is CC1(COC(=O)Oc2c(F)c(F)c(F)c(F)c2F)COC(=O)OC1. The maximum absolute atomic E-state index is 13.3. The molecule has 0 aliphatic carbocycles. The van der Waals surface area contributed by atoms with E-state index in [1.807, 2.05) is 0 Å². The smallest absolute Gasteiger partial charge is 0.433 e. The summed E-state index contributed by atoms with van der Waals surface area (Å²) in [5.41, 5.74) is -0.969. The molecule has 0 unspecified atom stereocenters. The van der Waals surface area contributed by atoms with Crippen LogP contribution in [0.25, 0.3) is 0 Å². The second-order valence-electron chi connectivity index (χ2n) is 5.18. The van der Waals surface area contributed by atoms with Gasteiger partial charge in [0.05, 0.1) is 5.41 Å². The zero-order chi connectivity index (χ0) is 18.1. The molecule has 0 spiro atoms. The van der Waals surface area contributed by atoms with Gasteiger partial charge >= 0.3 is 12.3 Å². The first-order chi connectivity index (χ1) is 11.1. The molecule has 24 heavy (non-hydrogen) atoms. The van der Waals surface area contributed by atoms with E-state index in [1.165, 1.54) is 6.92 Å². The summed E-state index contributed by atoms with van der Waals surface area (Å²) in [6, 6.07) is 0. The first kappa shape index (κ1) is 17.8. The Morgan fingerprint density at radius 3 is 1.96 bits per heavy atom. The molecule has 0 amide bonds. The standard InChI is InChI=1S/C13H9F5O6/c1-13(2-21-11(19)22-3-13)4-23-12(20)24-10-8(17)6(15)5(14)7(16)9(10)18/h2-4H2,1H3. The molecule has 0 radical (unpaired) electrons. The number of halogens is 5. The highest BCUT2D eigenvalue weighted by molar-refractivity contribution is 5.64. The molecule has 6 nitrogen and oxygen atoms in total. The average Bonchev–Trinajstić information content (AvgIpc) is 2.56. The fourth-order valence-corrected chi connectivity index (χ4v) is 1.65. The van der Waals surface area contributed by atoms with Gasteiger partial charge in [0.2, 0.25) is 34.8 Å². The van der Waals surface area contributed by atoms with Gasteiger partial charge in [-0.3, -0.25) is 0 Å². The number of hydrogen-bond donors (Lipinski definition) is 0. The predicted molar refractivity (Wildman–Crippen MR) is 63.6 cm³/mol. The summed E-state index contributed by atoms with van der Waals surface area (Å²) >= 11 is 0. The van der Waals surface area contributed by atoms with E-state index in [4.69, 9.17) is 0 Å². The molecule has 132 valence electrons. The van der Waals surface area contributed by atoms with E-state index >= 15 is 0 Å². The van der Waals surface area contributed by atoms with Gasteiger partial charge in [-0.05, 0) is 6.92 Å². The number of benzene rings is 1. The zero-order valence-electron chi connectivity index (χ0n) is 12.0. The Hall–Kier alpha value is -2.59. The molecule has 1 fully saturated rings. The van der Waals surface area contributed by atoms with Crippen molar-refractivity contribution >= 4 is 12.3 Å². The second-order valence-corrected chi connectivity index (χ2v) is 5.18. The maximum Gasteiger partial charge on any atom is 0.514 e. The fraction of sp³-hybridized carbons (Fsp3) is 0.385. The van der Waals surface area contributed by atoms with Gasteiger partial charge in [0, 0.05) is 0 Å². The van der Waals surface area contributed by atoms with Crippen molar-refractivity contribution in [3.05, 3.63) is 29.1 Å². The van der Waals surface area contributed by atoms with Crippen LogP contribution >= 0.6 is 0 Å². The maximum atomic E-state index is 13.3. The van der Waals surface area contributed by atoms with Crippen LogP contribution in [0.3, 0.4) is 0 Å². The molecule has 1 aromatic rings. The Kier molecular flexibility index (Phi) is 4.81. The summed E-state index contributed by atoms with van der Waals surface area (Å²) in [5, 5.41) is 0. The summed E-state index contributed by atoms with van der Waals surface area (Å²) in [5.74, 6) is -13.3. The minimum absolute atomic E-state index is 0.179. The molecule has 0 bridgehead atoms. The van der Waals surface area contributed by atoms with Crippen molar-refractivity contribution in [2.75, 3.05) is 19.8 Å². The molecule has 1 aliphatic heterocycles. The normalized spacial score (nSPS) is 16.2. The third-order valence-corrected chi connectivity index (χ3v) is 2.97. The van der Waals surface area contributed by atoms with Crippen molar-refractivity contribution in [2.24, 2.45) is 5.41 Å². The molecule has 1 heterocycles. The molecular formula is C13H9F5O6. The Morgan fingerprint density at radius 2 is 1.46 bits per heavy atom. The van der Waals surface area contributed by atoms with Gasteiger partial charge < -0.3 is 18.9 Å². The van der Waals surface area contributed by atoms with Gasteiger partial charge in [0.15, 0.2) is 0 Å². The minimum atomic E-state index is -2.39. The summed E-state index contributed by atoms with van der Waals surface area (Å²) < 4.78 is 83.2. The van der Waals surface area contributed by atoms with Gasteiger partial charge in [0.1, 0.15) is 19.8 Å². The lowest BCUT2D eigenvalue weighted by Crippen LogP contribution is -2.41. The van der Waals surface area contributed by atoms with Crippen LogP contribution in [0.4, 0.5) is 31.5 Å². The van der Waals surface area contributed by atoms with E-state index < -0.39 is 59.2 Å². The average molecular weight is 356 g/mol. The second kappa shape index (κ2) is 6.49. The van der Waals surface area contributed by atoms with Crippen LogP contribution in [-0.2, 0) is 14.2 Å². The van der Waals surface area contributed by atoms with Gasteiger partial charge in [-0.2, -0.15) is 8.78 Å². The van der Waals surface area contributed by atoms with Crippen molar-refractivity contribution in [1.82, 2.24) is 0 Å². The van der Waals surface area contributed by atoms with Crippen molar-refractivity contribution < 1.29 is 50.5 Å². The quantitative estimate of drug-likeness (QED) is 0.273. The van der Waals surface area contributed by atoms with E-state index in [9.17, 15) is 31.5 Å². The highest BCUT2D eigenvalue weighted by Crippen LogP contribution is 2.30. The topological polar surface area (TPSA) is 71.1 Å². The largest absolute Gasteiger partial charge is 0.514 e. The molecule has 0 saturated carbocycles. The summed E-state index contributed by atoms with van der Waals surface area (Å²) in [6.45, 7) is 0.670. The molecule has 0 aromatic heterocycles. The number of ether oxygens (including phenoxy) is 4. The molecule has 0 N–H and O–H groups in total. The van der Waals surface area contributed by atoms with E-state index in [0.29, 0.717) is 0 Å². The Balaban J connectivity index is 2.04. The van der Waals surface area contributed by atoms with E-state index in [0.717, 1.165) is 0 Å². The number of carbonyl (C=O) groups excluding carboxylic acids is 2. The third kappa shape index (κ3) is 3.49. The van der Waals surface area contributed by atoms with Crippen molar-refractivity contribution in [2.45, 2.75) is 6.92 Å².